The van der Waals surface area contributed by atoms with Crippen LogP contribution in [0, 0.1) is 6.92 Å². The number of anilines is 1. The van der Waals surface area contributed by atoms with E-state index in [9.17, 15) is 9.59 Å². The van der Waals surface area contributed by atoms with Crippen LogP contribution in [0.2, 0.25) is 0 Å². The van der Waals surface area contributed by atoms with Gasteiger partial charge in [0.1, 0.15) is 4.88 Å². The van der Waals surface area contributed by atoms with Crippen molar-refractivity contribution in [2.24, 2.45) is 0 Å². The van der Waals surface area contributed by atoms with E-state index >= 15 is 0 Å². The van der Waals surface area contributed by atoms with Gasteiger partial charge in [-0.05, 0) is 26.8 Å². The molecule has 132 valence electrons. The number of nitrogens with zero attached hydrogens (tertiary/aromatic N) is 3. The number of nitrogens with one attached hydrogen (secondary N) is 2. The summed E-state index contributed by atoms with van der Waals surface area (Å²) in [4.78, 5) is 34.1. The summed E-state index contributed by atoms with van der Waals surface area (Å²) < 4.78 is 0. The van der Waals surface area contributed by atoms with Crippen molar-refractivity contribution in [2.45, 2.75) is 31.7 Å². The summed E-state index contributed by atoms with van der Waals surface area (Å²) in [5.41, 5.74) is 0.664. The fourth-order valence-corrected chi connectivity index (χ4v) is 4.50. The van der Waals surface area contributed by atoms with Gasteiger partial charge in [0.15, 0.2) is 5.13 Å². The number of hydrogen-bond donors (Lipinski definition) is 2. The van der Waals surface area contributed by atoms with Crippen LogP contribution >= 0.6 is 11.3 Å². The van der Waals surface area contributed by atoms with E-state index in [0.717, 1.165) is 30.2 Å². The van der Waals surface area contributed by atoms with Crippen LogP contribution in [0.4, 0.5) is 5.13 Å². The van der Waals surface area contributed by atoms with Crippen LogP contribution in [-0.2, 0) is 4.79 Å². The molecule has 0 bridgehead atoms. The Morgan fingerprint density at radius 2 is 2.17 bits per heavy atom. The molecule has 0 aromatic carbocycles. The molecule has 2 aliphatic heterocycles. The normalized spacial score (nSPS) is 25.5. The van der Waals surface area contributed by atoms with Crippen LogP contribution in [0.1, 0.15) is 34.6 Å². The molecule has 3 rings (SSSR count). The highest BCUT2D eigenvalue weighted by molar-refractivity contribution is 7.17. The molecule has 24 heavy (non-hydrogen) atoms. The molecule has 0 radical (unpaired) electrons. The number of likely N-dealkylation sites (N-methyl/N-ethyl adjacent to an activating group) is 1. The molecule has 8 heteroatoms. The van der Waals surface area contributed by atoms with Crippen molar-refractivity contribution in [1.82, 2.24) is 20.1 Å². The minimum atomic E-state index is -0.114. The summed E-state index contributed by atoms with van der Waals surface area (Å²) in [6, 6.07) is 0. The number of carbonyl (C=O) groups excluding carboxylic acids is 2. The second-order valence-corrected chi connectivity index (χ2v) is 7.66. The molecule has 2 N–H and O–H groups in total. The molecule has 0 aliphatic carbocycles. The van der Waals surface area contributed by atoms with E-state index in [2.05, 4.69) is 27.6 Å². The average Bonchev–Trinajstić information content (AvgIpc) is 2.85. The topological polar surface area (TPSA) is 77.6 Å². The number of amides is 2. The first-order valence-electron chi connectivity index (χ1n) is 8.37. The lowest BCUT2D eigenvalue weighted by molar-refractivity contribution is -0.121. The predicted molar refractivity (Wildman–Crippen MR) is 94.5 cm³/mol. The molecule has 1 aromatic heterocycles. The Labute approximate surface area is 146 Å². The standard InChI is InChI=1S/C16H25N5O2S/c1-11-13(24-15(17-2)19-11)14(23)21-9-8-20(3)16(10-21)5-4-12(22)18-7-6-16/h4-10H2,1-3H3,(H,17,19)(H,18,22)/t16-/m0/s1. The van der Waals surface area contributed by atoms with Crippen LogP contribution in [0.3, 0.4) is 0 Å². The van der Waals surface area contributed by atoms with Crippen LogP contribution in [0.15, 0.2) is 0 Å². The number of hydrogen-bond acceptors (Lipinski definition) is 6. The zero-order valence-electron chi connectivity index (χ0n) is 14.5. The van der Waals surface area contributed by atoms with E-state index in [4.69, 9.17) is 0 Å². The van der Waals surface area contributed by atoms with Gasteiger partial charge in [0.2, 0.25) is 5.91 Å². The number of piperazine rings is 1. The smallest absolute Gasteiger partial charge is 0.266 e. The van der Waals surface area contributed by atoms with Crippen molar-refractivity contribution >= 4 is 28.3 Å². The minimum absolute atomic E-state index is 0.0579. The lowest BCUT2D eigenvalue weighted by atomic mass is 9.86. The van der Waals surface area contributed by atoms with Crippen molar-refractivity contribution in [1.29, 1.82) is 0 Å². The van der Waals surface area contributed by atoms with Gasteiger partial charge in [-0.3, -0.25) is 14.5 Å². The molecule has 3 heterocycles. The third kappa shape index (κ3) is 3.12. The Kier molecular flexibility index (Phi) is 4.78. The number of aromatic nitrogens is 1. The third-order valence-electron chi connectivity index (χ3n) is 5.22. The van der Waals surface area contributed by atoms with E-state index in [1.807, 2.05) is 18.9 Å². The predicted octanol–water partition coefficient (Wildman–Crippen LogP) is 0.920. The largest absolute Gasteiger partial charge is 0.365 e. The maximum absolute atomic E-state index is 13.0. The monoisotopic (exact) mass is 351 g/mol. The summed E-state index contributed by atoms with van der Waals surface area (Å²) in [5.74, 6) is 0.170. The second-order valence-electron chi connectivity index (χ2n) is 6.66. The van der Waals surface area contributed by atoms with Crippen LogP contribution in [0.5, 0.6) is 0 Å². The summed E-state index contributed by atoms with van der Waals surface area (Å²) in [6.07, 6.45) is 2.20. The first kappa shape index (κ1) is 17.2. The maximum Gasteiger partial charge on any atom is 0.266 e. The van der Waals surface area contributed by atoms with E-state index in [0.29, 0.717) is 30.9 Å². The van der Waals surface area contributed by atoms with Gasteiger partial charge in [-0.2, -0.15) is 0 Å². The molecule has 1 spiro atoms. The van der Waals surface area contributed by atoms with Crippen molar-refractivity contribution in [3.05, 3.63) is 10.6 Å². The van der Waals surface area contributed by atoms with Crippen molar-refractivity contribution < 1.29 is 9.59 Å². The molecule has 7 nitrogen and oxygen atoms in total. The minimum Gasteiger partial charge on any atom is -0.365 e. The van der Waals surface area contributed by atoms with E-state index < -0.39 is 0 Å². The molecular formula is C16H25N5O2S. The first-order chi connectivity index (χ1) is 11.4. The van der Waals surface area contributed by atoms with Crippen LogP contribution in [0.25, 0.3) is 0 Å². The van der Waals surface area contributed by atoms with E-state index in [1.165, 1.54) is 11.3 Å². The molecule has 0 unspecified atom stereocenters. The molecule has 1 atom stereocenters. The summed E-state index contributed by atoms with van der Waals surface area (Å²) in [7, 11) is 3.92. The van der Waals surface area contributed by atoms with E-state index in [-0.39, 0.29) is 17.4 Å². The van der Waals surface area contributed by atoms with Crippen LogP contribution in [-0.4, -0.2) is 72.4 Å². The van der Waals surface area contributed by atoms with Crippen molar-refractivity contribution in [2.75, 3.05) is 45.6 Å². The molecule has 0 saturated carbocycles. The Balaban J connectivity index is 1.80. The van der Waals surface area contributed by atoms with Gasteiger partial charge in [0.05, 0.1) is 5.69 Å². The van der Waals surface area contributed by atoms with Crippen molar-refractivity contribution in [3.63, 3.8) is 0 Å². The Morgan fingerprint density at radius 1 is 1.38 bits per heavy atom. The fraction of sp³-hybridized carbons (Fsp3) is 0.688. The number of aryl methyl sites for hydroxylation is 1. The summed E-state index contributed by atoms with van der Waals surface area (Å²) in [5, 5.41) is 6.72. The zero-order valence-corrected chi connectivity index (χ0v) is 15.3. The molecule has 1 aromatic rings. The highest BCUT2D eigenvalue weighted by Crippen LogP contribution is 2.32. The Morgan fingerprint density at radius 3 is 2.88 bits per heavy atom. The van der Waals surface area contributed by atoms with Gasteiger partial charge in [0, 0.05) is 45.2 Å². The van der Waals surface area contributed by atoms with Gasteiger partial charge in [0.25, 0.3) is 5.91 Å². The lowest BCUT2D eigenvalue weighted by Gasteiger charge is -2.49. The molecule has 2 saturated heterocycles. The molecule has 2 amide bonds. The van der Waals surface area contributed by atoms with Crippen LogP contribution < -0.4 is 10.6 Å². The Bertz CT molecular complexity index is 646. The number of thiazole rings is 1. The lowest BCUT2D eigenvalue weighted by Crippen LogP contribution is -2.62. The van der Waals surface area contributed by atoms with E-state index in [1.54, 1.807) is 0 Å². The zero-order chi connectivity index (χ0) is 17.3. The fourth-order valence-electron chi connectivity index (χ4n) is 3.62. The Hall–Kier alpha value is -1.67. The van der Waals surface area contributed by atoms with Gasteiger partial charge < -0.3 is 15.5 Å². The quantitative estimate of drug-likeness (QED) is 0.828. The third-order valence-corrected chi connectivity index (χ3v) is 6.39. The molecule has 2 fully saturated rings. The summed E-state index contributed by atoms with van der Waals surface area (Å²) in [6.45, 7) is 4.77. The van der Waals surface area contributed by atoms with Crippen molar-refractivity contribution in [3.8, 4) is 0 Å². The van der Waals surface area contributed by atoms with Gasteiger partial charge in [-0.1, -0.05) is 11.3 Å². The highest BCUT2D eigenvalue weighted by atomic mass is 32.1. The molecular weight excluding hydrogens is 326 g/mol. The average molecular weight is 351 g/mol. The SMILES string of the molecule is CNc1nc(C)c(C(=O)N2CCN(C)[C@@]3(CCNC(=O)CC3)C2)s1. The van der Waals surface area contributed by atoms with Gasteiger partial charge in [-0.25, -0.2) is 4.98 Å². The summed E-state index contributed by atoms with van der Waals surface area (Å²) >= 11 is 1.41. The highest BCUT2D eigenvalue weighted by Gasteiger charge is 2.42. The van der Waals surface area contributed by atoms with Gasteiger partial charge in [-0.15, -0.1) is 0 Å². The maximum atomic E-state index is 13.0. The number of rotatable bonds is 2. The van der Waals surface area contributed by atoms with Gasteiger partial charge >= 0.3 is 0 Å². The first-order valence-corrected chi connectivity index (χ1v) is 9.19. The number of carbonyl (C=O) groups is 2. The second kappa shape index (κ2) is 6.68. The molecule has 2 aliphatic rings.